The van der Waals surface area contributed by atoms with Crippen molar-refractivity contribution in [3.8, 4) is 5.75 Å². The first-order valence-electron chi connectivity index (χ1n) is 19.6. The highest BCUT2D eigenvalue weighted by Gasteiger charge is 2.51. The van der Waals surface area contributed by atoms with E-state index in [1.807, 2.05) is 13.8 Å². The lowest BCUT2D eigenvalue weighted by Crippen LogP contribution is -2.64. The molecule has 3 aliphatic rings. The second-order valence-corrected chi connectivity index (χ2v) is 14.9. The van der Waals surface area contributed by atoms with Crippen molar-refractivity contribution < 1.29 is 68.7 Å². The summed E-state index contributed by atoms with van der Waals surface area (Å²) < 4.78 is 28.9. The van der Waals surface area contributed by atoms with Gasteiger partial charge in [0.15, 0.2) is 12.4 Å². The zero-order valence-corrected chi connectivity index (χ0v) is 32.5. The fraction of sp³-hybridized carbons (Fsp3) is 0.625. The third-order valence-electron chi connectivity index (χ3n) is 10.6. The van der Waals surface area contributed by atoms with Crippen LogP contribution in [0.3, 0.4) is 0 Å². The first kappa shape index (κ1) is 44.4. The summed E-state index contributed by atoms with van der Waals surface area (Å²) in [6.07, 6.45) is -14.2. The Labute approximate surface area is 331 Å². The zero-order valence-electron chi connectivity index (χ0n) is 32.5. The van der Waals surface area contributed by atoms with Crippen molar-refractivity contribution in [2.75, 3.05) is 32.8 Å². The van der Waals surface area contributed by atoms with Gasteiger partial charge in [0.1, 0.15) is 49.0 Å². The second-order valence-electron chi connectivity index (χ2n) is 14.9. The molecule has 0 bridgehead atoms. The molecule has 17 nitrogen and oxygen atoms in total. The van der Waals surface area contributed by atoms with Crippen LogP contribution in [-0.4, -0.2) is 154 Å². The number of nitrogens with one attached hydrogen (secondary N) is 2. The highest BCUT2D eigenvalue weighted by molar-refractivity contribution is 5.89. The van der Waals surface area contributed by atoms with E-state index in [2.05, 4.69) is 10.6 Å². The highest BCUT2D eigenvalue weighted by atomic mass is 16.8. The fourth-order valence-electron chi connectivity index (χ4n) is 6.90. The second kappa shape index (κ2) is 20.8. The summed E-state index contributed by atoms with van der Waals surface area (Å²) >= 11 is 0. The van der Waals surface area contributed by atoms with Gasteiger partial charge >= 0.3 is 5.97 Å². The molecule has 3 saturated heterocycles. The first-order valence-corrected chi connectivity index (χ1v) is 19.6. The quantitative estimate of drug-likeness (QED) is 0.144. The molecule has 2 aromatic carbocycles. The Morgan fingerprint density at radius 2 is 1.61 bits per heavy atom. The van der Waals surface area contributed by atoms with Gasteiger partial charge in [0.25, 0.3) is 0 Å². The number of ether oxygens (including phenoxy) is 5. The molecule has 57 heavy (non-hydrogen) atoms. The van der Waals surface area contributed by atoms with Gasteiger partial charge in [-0.3, -0.25) is 9.59 Å². The summed E-state index contributed by atoms with van der Waals surface area (Å²) in [5.74, 6) is -0.824. The molecular formula is C40H57N3O14. The van der Waals surface area contributed by atoms with Crippen LogP contribution >= 0.6 is 0 Å². The van der Waals surface area contributed by atoms with Crippen LogP contribution in [0.5, 0.6) is 5.75 Å². The number of esters is 1. The van der Waals surface area contributed by atoms with Gasteiger partial charge in [-0.1, -0.05) is 44.2 Å². The van der Waals surface area contributed by atoms with Crippen LogP contribution in [0.15, 0.2) is 54.6 Å². The molecule has 0 spiro atoms. The van der Waals surface area contributed by atoms with E-state index in [9.17, 15) is 45.0 Å². The molecule has 13 unspecified atom stereocenters. The lowest BCUT2D eigenvalue weighted by atomic mass is 9.97. The lowest BCUT2D eigenvalue weighted by Gasteiger charge is -2.45. The molecule has 3 fully saturated rings. The summed E-state index contributed by atoms with van der Waals surface area (Å²) in [4.78, 5) is 40.1. The molecule has 3 heterocycles. The SMILES string of the molecule is CCC(C)C(=O)N1CCCNC(=O)CC(c2ccc(OC3OC(C)C(O)C(O)C3OC3OC(COC(=O)c4ccccc4)C(O)C(O)C3O)cc2)NCCC(O)C1. The van der Waals surface area contributed by atoms with Gasteiger partial charge in [0.05, 0.1) is 17.8 Å². The third-order valence-corrected chi connectivity index (χ3v) is 10.6. The maximum absolute atomic E-state index is 13.0. The maximum atomic E-state index is 13.0. The van der Waals surface area contributed by atoms with E-state index < -0.39 is 86.1 Å². The number of amides is 2. The number of nitrogens with zero attached hydrogens (tertiary/aromatic N) is 1. The fourth-order valence-corrected chi connectivity index (χ4v) is 6.90. The monoisotopic (exact) mass is 803 g/mol. The van der Waals surface area contributed by atoms with E-state index in [4.69, 9.17) is 23.7 Å². The number of benzene rings is 2. The number of β-amino-alcohol motifs (C(OH)–C–C–N with tert-alkyl or cyclic N) is 1. The predicted molar refractivity (Wildman–Crippen MR) is 201 cm³/mol. The van der Waals surface area contributed by atoms with Crippen LogP contribution < -0.4 is 15.4 Å². The van der Waals surface area contributed by atoms with Crippen LogP contribution in [-0.2, 0) is 28.5 Å². The number of aliphatic hydroxyl groups excluding tert-OH is 6. The molecule has 2 aromatic rings. The van der Waals surface area contributed by atoms with E-state index in [0.717, 1.165) is 5.56 Å². The van der Waals surface area contributed by atoms with E-state index >= 15 is 0 Å². The smallest absolute Gasteiger partial charge is 0.338 e. The standard InChI is InChI=1S/C40H57N3O14/c1-4-22(2)37(51)43-18-8-16-42-30(45)19-28(41-17-15-26(44)20-43)24-11-13-27(14-12-24)55-40-36(34(49)31(46)23(3)54-40)57-39-35(50)33(48)32(47)29(56-39)21-53-38(52)25-9-6-5-7-10-25/h5-7,9-14,22-23,26,28-29,31-36,39-41,44,46-50H,4,8,15-21H2,1-3H3,(H,42,45). The number of hydrogen-bond acceptors (Lipinski definition) is 15. The van der Waals surface area contributed by atoms with E-state index in [1.54, 1.807) is 47.4 Å². The van der Waals surface area contributed by atoms with Crippen LogP contribution in [0.25, 0.3) is 0 Å². The van der Waals surface area contributed by atoms with Crippen molar-refractivity contribution in [2.45, 2.75) is 120 Å². The van der Waals surface area contributed by atoms with Crippen molar-refractivity contribution in [1.29, 1.82) is 0 Å². The number of carbonyl (C=O) groups excluding carboxylic acids is 3. The average molecular weight is 804 g/mol. The third kappa shape index (κ3) is 11.7. The summed E-state index contributed by atoms with van der Waals surface area (Å²) in [7, 11) is 0. The summed E-state index contributed by atoms with van der Waals surface area (Å²) in [5, 5.41) is 70.9. The largest absolute Gasteiger partial charge is 0.462 e. The topological polar surface area (TPSA) is 246 Å². The predicted octanol–water partition coefficient (Wildman–Crippen LogP) is -0.252. The van der Waals surface area contributed by atoms with Gasteiger partial charge in [-0.15, -0.1) is 0 Å². The Bertz CT molecular complexity index is 1590. The maximum Gasteiger partial charge on any atom is 0.338 e. The highest BCUT2D eigenvalue weighted by Crippen LogP contribution is 2.31. The number of aliphatic hydroxyl groups is 6. The van der Waals surface area contributed by atoms with Crippen molar-refractivity contribution in [2.24, 2.45) is 5.92 Å². The van der Waals surface area contributed by atoms with Crippen molar-refractivity contribution in [3.05, 3.63) is 65.7 Å². The summed E-state index contributed by atoms with van der Waals surface area (Å²) in [5.41, 5.74) is 0.985. The molecule has 0 saturated carbocycles. The molecule has 5 rings (SSSR count). The molecule has 2 amide bonds. The van der Waals surface area contributed by atoms with Gasteiger partial charge in [0.2, 0.25) is 18.1 Å². The molecular weight excluding hydrogens is 746 g/mol. The van der Waals surface area contributed by atoms with E-state index in [0.29, 0.717) is 38.9 Å². The van der Waals surface area contributed by atoms with Crippen LogP contribution in [0, 0.1) is 5.92 Å². The van der Waals surface area contributed by atoms with E-state index in [1.165, 1.54) is 19.1 Å². The minimum absolute atomic E-state index is 0.0197. The lowest BCUT2D eigenvalue weighted by molar-refractivity contribution is -0.355. The Morgan fingerprint density at radius 1 is 0.895 bits per heavy atom. The zero-order chi connectivity index (χ0) is 41.2. The van der Waals surface area contributed by atoms with Gasteiger partial charge in [-0.25, -0.2) is 4.79 Å². The molecule has 0 aromatic heterocycles. The molecule has 316 valence electrons. The summed E-state index contributed by atoms with van der Waals surface area (Å²) in [6, 6.07) is 14.4. The Morgan fingerprint density at radius 3 is 2.32 bits per heavy atom. The van der Waals surface area contributed by atoms with Gasteiger partial charge in [-0.05, 0) is 62.6 Å². The van der Waals surface area contributed by atoms with Gasteiger partial charge < -0.3 is 69.9 Å². The Kier molecular flexibility index (Phi) is 16.2. The number of rotatable bonds is 10. The van der Waals surface area contributed by atoms with Crippen molar-refractivity contribution in [3.63, 3.8) is 0 Å². The Balaban J connectivity index is 1.24. The normalized spacial score (nSPS) is 33.8. The molecule has 0 aliphatic carbocycles. The molecule has 3 aliphatic heterocycles. The molecule has 0 radical (unpaired) electrons. The van der Waals surface area contributed by atoms with E-state index in [-0.39, 0.29) is 42.0 Å². The van der Waals surface area contributed by atoms with Crippen LogP contribution in [0.1, 0.15) is 68.4 Å². The first-order chi connectivity index (χ1) is 27.3. The van der Waals surface area contributed by atoms with Crippen molar-refractivity contribution >= 4 is 17.8 Å². The number of hydrogen-bond donors (Lipinski definition) is 8. The minimum Gasteiger partial charge on any atom is -0.462 e. The summed E-state index contributed by atoms with van der Waals surface area (Å²) in [6.45, 7) is 6.19. The van der Waals surface area contributed by atoms with Crippen LogP contribution in [0.2, 0.25) is 0 Å². The molecule has 17 heteroatoms. The van der Waals surface area contributed by atoms with Crippen molar-refractivity contribution in [1.82, 2.24) is 15.5 Å². The van der Waals surface area contributed by atoms with Gasteiger partial charge in [0, 0.05) is 38.0 Å². The van der Waals surface area contributed by atoms with Crippen LogP contribution in [0.4, 0.5) is 0 Å². The average Bonchev–Trinajstić information content (AvgIpc) is 3.22. The Hall–Kier alpha value is -3.75. The number of carbonyl (C=O) groups is 3. The van der Waals surface area contributed by atoms with Gasteiger partial charge in [-0.2, -0.15) is 0 Å². The molecule has 8 N–H and O–H groups in total. The minimum atomic E-state index is -1.82. The molecule has 13 atom stereocenters.